The van der Waals surface area contributed by atoms with E-state index in [-0.39, 0.29) is 16.1 Å². The van der Waals surface area contributed by atoms with Gasteiger partial charge in [0.15, 0.2) is 0 Å². The van der Waals surface area contributed by atoms with E-state index in [4.69, 9.17) is 4.74 Å². The molecule has 2 aromatic carbocycles. The largest absolute Gasteiger partial charge is 0.379 e. The summed E-state index contributed by atoms with van der Waals surface area (Å²) < 4.78 is 56.7. The summed E-state index contributed by atoms with van der Waals surface area (Å²) in [5.41, 5.74) is 0.459. The fourth-order valence-corrected chi connectivity index (χ4v) is 4.40. The van der Waals surface area contributed by atoms with Gasteiger partial charge in [-0.25, -0.2) is 8.42 Å². The molecule has 1 amide bonds. The summed E-state index contributed by atoms with van der Waals surface area (Å²) >= 11 is 0. The third-order valence-corrected chi connectivity index (χ3v) is 6.30. The Balaban J connectivity index is 1.78. The van der Waals surface area contributed by atoms with Crippen molar-refractivity contribution < 1.29 is 26.4 Å². The van der Waals surface area contributed by atoms with Crippen LogP contribution in [0.15, 0.2) is 57.8 Å². The lowest BCUT2D eigenvalue weighted by Crippen LogP contribution is -2.40. The molecular weight excluding hydrogens is 406 g/mol. The van der Waals surface area contributed by atoms with Crippen molar-refractivity contribution in [3.05, 3.63) is 54.1 Å². The second-order valence-electron chi connectivity index (χ2n) is 5.82. The molecule has 0 aromatic heterocycles. The highest BCUT2D eigenvalue weighted by molar-refractivity contribution is 7.89. The van der Waals surface area contributed by atoms with E-state index in [9.17, 15) is 21.6 Å². The molecular formula is C17H17N3O6S2. The highest BCUT2D eigenvalue weighted by Gasteiger charge is 2.26. The number of anilines is 1. The quantitative estimate of drug-likeness (QED) is 0.780. The summed E-state index contributed by atoms with van der Waals surface area (Å²) in [4.78, 5) is 12.5. The Morgan fingerprint density at radius 2 is 1.68 bits per heavy atom. The summed E-state index contributed by atoms with van der Waals surface area (Å²) in [6.45, 7) is 1.29. The average molecular weight is 423 g/mol. The maximum Gasteiger partial charge on any atom is 0.316 e. The van der Waals surface area contributed by atoms with E-state index < -0.39 is 26.4 Å². The summed E-state index contributed by atoms with van der Waals surface area (Å²) in [7, 11) is -6.31. The average Bonchev–Trinajstić information content (AvgIpc) is 2.69. The van der Waals surface area contributed by atoms with Crippen LogP contribution in [0.3, 0.4) is 0 Å². The summed E-state index contributed by atoms with van der Waals surface area (Å²) in [6.07, 6.45) is 0. The number of rotatable bonds is 5. The van der Waals surface area contributed by atoms with Crippen LogP contribution in [-0.4, -0.2) is 53.4 Å². The van der Waals surface area contributed by atoms with Gasteiger partial charge in [0.2, 0.25) is 10.0 Å². The minimum absolute atomic E-state index is 0.0137. The Morgan fingerprint density at radius 3 is 2.32 bits per heavy atom. The molecule has 2 aromatic rings. The highest BCUT2D eigenvalue weighted by atomic mass is 32.2. The minimum Gasteiger partial charge on any atom is -0.379 e. The van der Waals surface area contributed by atoms with Crippen molar-refractivity contribution in [2.75, 3.05) is 31.6 Å². The molecule has 0 radical (unpaired) electrons. The van der Waals surface area contributed by atoms with Crippen LogP contribution in [0.1, 0.15) is 10.4 Å². The van der Waals surface area contributed by atoms with Crippen LogP contribution in [0.25, 0.3) is 0 Å². The number of hydrogen-bond donors (Lipinski definition) is 1. The number of carbonyl (C=O) groups is 1. The fourth-order valence-electron chi connectivity index (χ4n) is 2.67. The van der Waals surface area contributed by atoms with E-state index in [1.54, 1.807) is 12.1 Å². The lowest BCUT2D eigenvalue weighted by molar-refractivity contribution is 0.0730. The number of ether oxygens (including phenoxy) is 1. The lowest BCUT2D eigenvalue weighted by Gasteiger charge is -2.26. The summed E-state index contributed by atoms with van der Waals surface area (Å²) in [6, 6.07) is 11.7. The first-order valence-electron chi connectivity index (χ1n) is 8.27. The van der Waals surface area contributed by atoms with Crippen molar-refractivity contribution >= 4 is 37.8 Å². The number of benzene rings is 2. The van der Waals surface area contributed by atoms with Gasteiger partial charge in [0.25, 0.3) is 5.91 Å². The van der Waals surface area contributed by atoms with Gasteiger partial charge in [-0.1, -0.05) is 12.1 Å². The van der Waals surface area contributed by atoms with Gasteiger partial charge in [0.1, 0.15) is 0 Å². The van der Waals surface area contributed by atoms with Crippen LogP contribution in [0, 0.1) is 0 Å². The molecule has 0 atom stereocenters. The smallest absolute Gasteiger partial charge is 0.316 e. The van der Waals surface area contributed by atoms with Crippen molar-refractivity contribution in [2.24, 2.45) is 4.36 Å². The van der Waals surface area contributed by atoms with Crippen molar-refractivity contribution in [3.8, 4) is 0 Å². The number of sulfonamides is 1. The molecule has 9 nitrogen and oxygen atoms in total. The number of morpholine rings is 1. The van der Waals surface area contributed by atoms with Crippen molar-refractivity contribution in [3.63, 3.8) is 0 Å². The second-order valence-corrected chi connectivity index (χ2v) is 8.38. The van der Waals surface area contributed by atoms with Crippen molar-refractivity contribution in [1.29, 1.82) is 0 Å². The third kappa shape index (κ3) is 4.62. The number of nitrogens with one attached hydrogen (secondary N) is 1. The van der Waals surface area contributed by atoms with Crippen LogP contribution in [0.5, 0.6) is 0 Å². The number of hydrogen-bond acceptors (Lipinski definition) is 7. The maximum absolute atomic E-state index is 12.6. The molecule has 11 heteroatoms. The van der Waals surface area contributed by atoms with Crippen molar-refractivity contribution in [1.82, 2.24) is 4.31 Å². The molecule has 1 aliphatic rings. The molecule has 0 bridgehead atoms. The molecule has 1 aliphatic heterocycles. The third-order valence-electron chi connectivity index (χ3n) is 4.04. The van der Waals surface area contributed by atoms with Gasteiger partial charge in [0, 0.05) is 18.8 Å². The monoisotopic (exact) mass is 423 g/mol. The second kappa shape index (κ2) is 8.61. The predicted molar refractivity (Wildman–Crippen MR) is 101 cm³/mol. The molecule has 1 heterocycles. The first-order chi connectivity index (χ1) is 13.4. The SMILES string of the molecule is O=C(Nc1ccc(S(=O)(=O)N2CCOCC2)cc1)c1ccccc1N=S(=O)=O. The molecule has 1 N–H and O–H groups in total. The van der Waals surface area contributed by atoms with Gasteiger partial charge in [-0.05, 0) is 36.4 Å². The maximum atomic E-state index is 12.6. The molecule has 3 rings (SSSR count). The van der Waals surface area contributed by atoms with Gasteiger partial charge in [-0.3, -0.25) is 4.79 Å². The summed E-state index contributed by atoms with van der Waals surface area (Å²) in [5.74, 6) is -0.561. The van der Waals surface area contributed by atoms with E-state index in [1.165, 1.54) is 40.7 Å². The van der Waals surface area contributed by atoms with Gasteiger partial charge in [-0.2, -0.15) is 12.7 Å². The topological polar surface area (TPSA) is 122 Å². The normalized spacial score (nSPS) is 15.0. The summed E-state index contributed by atoms with van der Waals surface area (Å²) in [5, 5.41) is 2.60. The van der Waals surface area contributed by atoms with Crippen LogP contribution in [0.4, 0.5) is 11.4 Å². The Labute approximate surface area is 163 Å². The number of amides is 1. The Hall–Kier alpha value is -2.60. The molecule has 0 spiro atoms. The van der Waals surface area contributed by atoms with Crippen LogP contribution in [-0.2, 0) is 25.3 Å². The van der Waals surface area contributed by atoms with Crippen LogP contribution in [0.2, 0.25) is 0 Å². The zero-order chi connectivity index (χ0) is 20.1. The van der Waals surface area contributed by atoms with Gasteiger partial charge < -0.3 is 10.1 Å². The molecule has 1 fully saturated rings. The standard InChI is InChI=1S/C17H17N3O6S2/c21-17(15-3-1-2-4-16(15)19-27(22)23)18-13-5-7-14(8-6-13)28(24,25)20-9-11-26-12-10-20/h1-8H,9-12H2,(H,18,21). The molecule has 0 unspecified atom stereocenters. The van der Waals surface area contributed by atoms with Gasteiger partial charge in [0.05, 0.1) is 29.4 Å². The molecule has 28 heavy (non-hydrogen) atoms. The fraction of sp³-hybridized carbons (Fsp3) is 0.235. The van der Waals surface area contributed by atoms with E-state index in [2.05, 4.69) is 9.68 Å². The first-order valence-corrected chi connectivity index (χ1v) is 10.7. The Morgan fingerprint density at radius 1 is 1.04 bits per heavy atom. The lowest BCUT2D eigenvalue weighted by atomic mass is 10.1. The molecule has 0 saturated carbocycles. The Kier molecular flexibility index (Phi) is 6.19. The molecule has 1 saturated heterocycles. The van der Waals surface area contributed by atoms with E-state index in [0.717, 1.165) is 0 Å². The van der Waals surface area contributed by atoms with Crippen LogP contribution >= 0.6 is 0 Å². The van der Waals surface area contributed by atoms with E-state index >= 15 is 0 Å². The first kappa shape index (κ1) is 20.1. The van der Waals surface area contributed by atoms with Crippen LogP contribution < -0.4 is 5.32 Å². The van der Waals surface area contributed by atoms with E-state index in [1.807, 2.05) is 0 Å². The Bertz CT molecular complexity index is 1100. The molecule has 0 aliphatic carbocycles. The van der Waals surface area contributed by atoms with Crippen molar-refractivity contribution in [2.45, 2.75) is 4.90 Å². The minimum atomic E-state index is -3.62. The number of carbonyl (C=O) groups excluding carboxylic acids is 1. The zero-order valence-electron chi connectivity index (χ0n) is 14.6. The van der Waals surface area contributed by atoms with E-state index in [0.29, 0.717) is 32.0 Å². The number of nitrogens with zero attached hydrogens (tertiary/aromatic N) is 2. The predicted octanol–water partition coefficient (Wildman–Crippen LogP) is 1.65. The highest BCUT2D eigenvalue weighted by Crippen LogP contribution is 2.22. The zero-order valence-corrected chi connectivity index (χ0v) is 16.2. The van der Waals surface area contributed by atoms with Gasteiger partial charge >= 0.3 is 10.5 Å². The molecule has 148 valence electrons. The van der Waals surface area contributed by atoms with Gasteiger partial charge in [-0.15, -0.1) is 4.36 Å².